The van der Waals surface area contributed by atoms with Crippen LogP contribution in [0.25, 0.3) is 0 Å². The molecule has 2 rings (SSSR count). The normalized spacial score (nSPS) is 28.9. The van der Waals surface area contributed by atoms with Crippen molar-refractivity contribution in [2.24, 2.45) is 11.8 Å². The van der Waals surface area contributed by atoms with Gasteiger partial charge in [0.05, 0.1) is 13.2 Å². The van der Waals surface area contributed by atoms with Crippen LogP contribution in [-0.4, -0.2) is 72.9 Å². The predicted octanol–water partition coefficient (Wildman–Crippen LogP) is 1.53. The summed E-state index contributed by atoms with van der Waals surface area (Å²) in [6.45, 7) is 11.4. The molecular formula is C16H30N2O3. The molecule has 2 heterocycles. The van der Waals surface area contributed by atoms with Crippen molar-refractivity contribution in [1.82, 2.24) is 9.80 Å². The highest BCUT2D eigenvalue weighted by atomic mass is 16.5. The molecule has 0 aromatic carbocycles. The Labute approximate surface area is 128 Å². The average Bonchev–Trinajstić information content (AvgIpc) is 2.45. The van der Waals surface area contributed by atoms with E-state index >= 15 is 0 Å². The highest BCUT2D eigenvalue weighted by Crippen LogP contribution is 2.27. The highest BCUT2D eigenvalue weighted by molar-refractivity contribution is 5.66. The predicted molar refractivity (Wildman–Crippen MR) is 82.4 cm³/mol. The topological polar surface area (TPSA) is 53.0 Å². The van der Waals surface area contributed by atoms with Crippen molar-refractivity contribution in [3.8, 4) is 0 Å². The summed E-state index contributed by atoms with van der Waals surface area (Å²) in [6, 6.07) is 0.539. The van der Waals surface area contributed by atoms with Gasteiger partial charge in [0.1, 0.15) is 0 Å². The van der Waals surface area contributed by atoms with Crippen LogP contribution in [-0.2, 0) is 9.53 Å². The third-order valence-electron chi connectivity index (χ3n) is 4.64. The first-order chi connectivity index (χ1) is 10.1. The highest BCUT2D eigenvalue weighted by Gasteiger charge is 2.34. The fourth-order valence-corrected chi connectivity index (χ4v) is 3.76. The summed E-state index contributed by atoms with van der Waals surface area (Å²) in [4.78, 5) is 16.0. The van der Waals surface area contributed by atoms with Gasteiger partial charge in [-0.25, -0.2) is 0 Å². The standard InChI is InChI=1S/C16H30N2O3/c1-13(2)11-17-6-5-15(18-7-9-21-10-8-18)14(12-17)3-4-16(19)20/h13-15H,3-12H2,1-2H3,(H,19,20)/t14-,15+/m0/s1. The monoisotopic (exact) mass is 298 g/mol. The van der Waals surface area contributed by atoms with E-state index in [9.17, 15) is 4.79 Å². The molecule has 0 aromatic heterocycles. The molecule has 2 saturated heterocycles. The summed E-state index contributed by atoms with van der Waals surface area (Å²) in [5.41, 5.74) is 0. The van der Waals surface area contributed by atoms with E-state index in [2.05, 4.69) is 23.6 Å². The lowest BCUT2D eigenvalue weighted by Gasteiger charge is -2.45. The maximum absolute atomic E-state index is 10.9. The molecule has 2 atom stereocenters. The Kier molecular flexibility index (Phi) is 6.45. The molecule has 2 fully saturated rings. The number of nitrogens with zero attached hydrogens (tertiary/aromatic N) is 2. The average molecular weight is 298 g/mol. The van der Waals surface area contributed by atoms with Crippen LogP contribution in [0.2, 0.25) is 0 Å². The first kappa shape index (κ1) is 16.7. The van der Waals surface area contributed by atoms with Crippen molar-refractivity contribution < 1.29 is 14.6 Å². The first-order valence-corrected chi connectivity index (χ1v) is 8.32. The minimum Gasteiger partial charge on any atom is -0.481 e. The van der Waals surface area contributed by atoms with E-state index < -0.39 is 5.97 Å². The number of carboxylic acid groups (broad SMARTS) is 1. The van der Waals surface area contributed by atoms with Crippen molar-refractivity contribution in [2.75, 3.05) is 45.9 Å². The van der Waals surface area contributed by atoms with Crippen molar-refractivity contribution in [3.05, 3.63) is 0 Å². The van der Waals surface area contributed by atoms with Crippen molar-refractivity contribution in [1.29, 1.82) is 0 Å². The van der Waals surface area contributed by atoms with Crippen LogP contribution < -0.4 is 0 Å². The van der Waals surface area contributed by atoms with E-state index in [0.29, 0.717) is 24.3 Å². The number of carbonyl (C=O) groups is 1. The molecule has 0 saturated carbocycles. The fourth-order valence-electron chi connectivity index (χ4n) is 3.76. The largest absolute Gasteiger partial charge is 0.481 e. The number of morpholine rings is 1. The van der Waals surface area contributed by atoms with Gasteiger partial charge >= 0.3 is 5.97 Å². The van der Waals surface area contributed by atoms with Crippen molar-refractivity contribution in [3.63, 3.8) is 0 Å². The van der Waals surface area contributed by atoms with Crippen LogP contribution >= 0.6 is 0 Å². The van der Waals surface area contributed by atoms with Gasteiger partial charge < -0.3 is 14.7 Å². The molecular weight excluding hydrogens is 268 g/mol. The van der Waals surface area contributed by atoms with Gasteiger partial charge in [-0.05, 0) is 31.2 Å². The summed E-state index contributed by atoms with van der Waals surface area (Å²) in [6.07, 6.45) is 2.25. The number of piperidine rings is 1. The fraction of sp³-hybridized carbons (Fsp3) is 0.938. The smallest absolute Gasteiger partial charge is 0.303 e. The number of hydrogen-bond donors (Lipinski definition) is 1. The Morgan fingerprint density at radius 2 is 2.00 bits per heavy atom. The van der Waals surface area contributed by atoms with Crippen LogP contribution in [0.3, 0.4) is 0 Å². The van der Waals surface area contributed by atoms with Gasteiger partial charge in [0.25, 0.3) is 0 Å². The first-order valence-electron chi connectivity index (χ1n) is 8.32. The van der Waals surface area contributed by atoms with Gasteiger partial charge in [-0.3, -0.25) is 9.69 Å². The molecule has 2 aliphatic rings. The third kappa shape index (κ3) is 5.24. The summed E-state index contributed by atoms with van der Waals surface area (Å²) < 4.78 is 5.45. The van der Waals surface area contributed by atoms with Crippen LogP contribution in [0.5, 0.6) is 0 Å². The van der Waals surface area contributed by atoms with Crippen molar-refractivity contribution in [2.45, 2.75) is 39.2 Å². The van der Waals surface area contributed by atoms with Gasteiger partial charge in [-0.2, -0.15) is 0 Å². The van der Waals surface area contributed by atoms with E-state index in [0.717, 1.165) is 58.8 Å². The minimum absolute atomic E-state index is 0.293. The summed E-state index contributed by atoms with van der Waals surface area (Å²) in [5.74, 6) is 0.480. The molecule has 1 N–H and O–H groups in total. The SMILES string of the molecule is CC(C)CN1CC[C@@H](N2CCOCC2)[C@@H](CCC(=O)O)C1. The van der Waals surface area contributed by atoms with Crippen LogP contribution in [0.15, 0.2) is 0 Å². The molecule has 0 radical (unpaired) electrons. The zero-order valence-electron chi connectivity index (χ0n) is 13.5. The maximum Gasteiger partial charge on any atom is 0.303 e. The maximum atomic E-state index is 10.9. The minimum atomic E-state index is -0.670. The van der Waals surface area contributed by atoms with Gasteiger partial charge in [0.15, 0.2) is 0 Å². The second-order valence-electron chi connectivity index (χ2n) is 6.85. The zero-order chi connectivity index (χ0) is 15.2. The van der Waals surface area contributed by atoms with Gasteiger partial charge in [0.2, 0.25) is 0 Å². The quantitative estimate of drug-likeness (QED) is 0.806. The lowest BCUT2D eigenvalue weighted by molar-refractivity contribution is -0.137. The summed E-state index contributed by atoms with van der Waals surface area (Å²) >= 11 is 0. The van der Waals surface area contributed by atoms with Gasteiger partial charge in [-0.15, -0.1) is 0 Å². The van der Waals surface area contributed by atoms with Crippen LogP contribution in [0.1, 0.15) is 33.1 Å². The molecule has 5 nitrogen and oxygen atoms in total. The van der Waals surface area contributed by atoms with Crippen LogP contribution in [0, 0.1) is 11.8 Å². The second-order valence-corrected chi connectivity index (χ2v) is 6.85. The third-order valence-corrected chi connectivity index (χ3v) is 4.64. The Morgan fingerprint density at radius 1 is 1.29 bits per heavy atom. The van der Waals surface area contributed by atoms with E-state index in [1.165, 1.54) is 0 Å². The lowest BCUT2D eigenvalue weighted by atomic mass is 9.86. The molecule has 0 unspecified atom stereocenters. The van der Waals surface area contributed by atoms with Gasteiger partial charge in [0, 0.05) is 38.6 Å². The van der Waals surface area contributed by atoms with Crippen molar-refractivity contribution >= 4 is 5.97 Å². The zero-order valence-corrected chi connectivity index (χ0v) is 13.5. The molecule has 2 aliphatic heterocycles. The Balaban J connectivity index is 1.95. The summed E-state index contributed by atoms with van der Waals surface area (Å²) in [7, 11) is 0. The Morgan fingerprint density at radius 3 is 2.62 bits per heavy atom. The molecule has 21 heavy (non-hydrogen) atoms. The number of likely N-dealkylation sites (tertiary alicyclic amines) is 1. The lowest BCUT2D eigenvalue weighted by Crippen LogP contribution is -2.54. The molecule has 0 spiro atoms. The Hall–Kier alpha value is -0.650. The molecule has 0 amide bonds. The molecule has 0 bridgehead atoms. The van der Waals surface area contributed by atoms with E-state index in [-0.39, 0.29) is 0 Å². The van der Waals surface area contributed by atoms with E-state index in [1.54, 1.807) is 0 Å². The second kappa shape index (κ2) is 8.11. The van der Waals surface area contributed by atoms with E-state index in [4.69, 9.17) is 9.84 Å². The molecule has 122 valence electrons. The molecule has 0 aromatic rings. The van der Waals surface area contributed by atoms with E-state index in [1.807, 2.05) is 0 Å². The van der Waals surface area contributed by atoms with Gasteiger partial charge in [-0.1, -0.05) is 13.8 Å². The number of aliphatic carboxylic acids is 1. The molecule has 0 aliphatic carbocycles. The number of ether oxygens (including phenoxy) is 1. The number of hydrogen-bond acceptors (Lipinski definition) is 4. The Bertz CT molecular complexity index is 329. The number of rotatable bonds is 6. The molecule has 5 heteroatoms. The number of carboxylic acids is 1. The van der Waals surface area contributed by atoms with Crippen LogP contribution in [0.4, 0.5) is 0 Å². The summed E-state index contributed by atoms with van der Waals surface area (Å²) in [5, 5.41) is 9.00.